The van der Waals surface area contributed by atoms with E-state index in [0.717, 1.165) is 18.6 Å². The van der Waals surface area contributed by atoms with Crippen LogP contribution in [0.3, 0.4) is 0 Å². The van der Waals surface area contributed by atoms with Gasteiger partial charge in [-0.2, -0.15) is 9.37 Å². The molecule has 6 heteroatoms. The van der Waals surface area contributed by atoms with E-state index in [4.69, 9.17) is 4.74 Å². The summed E-state index contributed by atoms with van der Waals surface area (Å²) in [5, 5.41) is 0. The van der Waals surface area contributed by atoms with E-state index in [1.807, 2.05) is 4.90 Å². The van der Waals surface area contributed by atoms with Gasteiger partial charge in [0.2, 0.25) is 11.8 Å². The SMILES string of the molecule is Fc1ccc(F)c(CN2CCC(Oc3cccc(F)n3)C2)c1. The van der Waals surface area contributed by atoms with Gasteiger partial charge in [0.05, 0.1) is 0 Å². The van der Waals surface area contributed by atoms with Gasteiger partial charge in [-0.25, -0.2) is 8.78 Å². The summed E-state index contributed by atoms with van der Waals surface area (Å²) >= 11 is 0. The molecule has 1 atom stereocenters. The van der Waals surface area contributed by atoms with Crippen molar-refractivity contribution in [2.24, 2.45) is 0 Å². The van der Waals surface area contributed by atoms with Gasteiger partial charge in [0.25, 0.3) is 0 Å². The number of likely N-dealkylation sites (tertiary alicyclic amines) is 1. The summed E-state index contributed by atoms with van der Waals surface area (Å²) < 4.78 is 45.4. The van der Waals surface area contributed by atoms with E-state index in [2.05, 4.69) is 4.98 Å². The molecule has 1 saturated heterocycles. The van der Waals surface area contributed by atoms with Crippen molar-refractivity contribution in [3.8, 4) is 5.88 Å². The quantitative estimate of drug-likeness (QED) is 0.811. The van der Waals surface area contributed by atoms with Gasteiger partial charge < -0.3 is 4.74 Å². The third-order valence-corrected chi connectivity index (χ3v) is 3.61. The van der Waals surface area contributed by atoms with Crippen LogP contribution >= 0.6 is 0 Å². The Morgan fingerprint density at radius 3 is 2.86 bits per heavy atom. The second-order valence-electron chi connectivity index (χ2n) is 5.30. The standard InChI is InChI=1S/C16H15F3N2O/c17-12-4-5-14(18)11(8-12)9-21-7-6-13(10-21)22-16-3-1-2-15(19)20-16/h1-5,8,13H,6-7,9-10H2. The van der Waals surface area contributed by atoms with E-state index >= 15 is 0 Å². The molecule has 0 amide bonds. The predicted octanol–water partition coefficient (Wildman–Crippen LogP) is 3.15. The van der Waals surface area contributed by atoms with Crippen LogP contribution in [0.2, 0.25) is 0 Å². The molecule has 0 saturated carbocycles. The molecule has 22 heavy (non-hydrogen) atoms. The number of nitrogens with zero attached hydrogens (tertiary/aromatic N) is 2. The van der Waals surface area contributed by atoms with E-state index in [-0.39, 0.29) is 12.0 Å². The van der Waals surface area contributed by atoms with E-state index in [9.17, 15) is 13.2 Å². The van der Waals surface area contributed by atoms with Crippen LogP contribution in [-0.2, 0) is 6.54 Å². The highest BCUT2D eigenvalue weighted by molar-refractivity contribution is 5.19. The number of halogens is 3. The minimum Gasteiger partial charge on any atom is -0.473 e. The van der Waals surface area contributed by atoms with Gasteiger partial charge in [0, 0.05) is 31.3 Å². The fourth-order valence-electron chi connectivity index (χ4n) is 2.57. The third kappa shape index (κ3) is 3.57. The van der Waals surface area contributed by atoms with Crippen molar-refractivity contribution in [2.45, 2.75) is 19.1 Å². The molecule has 1 fully saturated rings. The van der Waals surface area contributed by atoms with Gasteiger partial charge >= 0.3 is 0 Å². The molecule has 1 aliphatic heterocycles. The van der Waals surface area contributed by atoms with Gasteiger partial charge in [0.1, 0.15) is 17.7 Å². The second-order valence-corrected chi connectivity index (χ2v) is 5.30. The first kappa shape index (κ1) is 14.8. The van der Waals surface area contributed by atoms with Crippen LogP contribution < -0.4 is 4.74 Å². The zero-order chi connectivity index (χ0) is 15.5. The van der Waals surface area contributed by atoms with E-state index in [1.165, 1.54) is 18.2 Å². The minimum atomic E-state index is -0.589. The zero-order valence-electron chi connectivity index (χ0n) is 11.8. The fraction of sp³-hybridized carbons (Fsp3) is 0.312. The molecule has 0 bridgehead atoms. The van der Waals surface area contributed by atoms with Gasteiger partial charge in [-0.1, -0.05) is 6.07 Å². The molecular weight excluding hydrogens is 293 g/mol. The Hall–Kier alpha value is -2.08. The van der Waals surface area contributed by atoms with Gasteiger partial charge in [0.15, 0.2) is 0 Å². The van der Waals surface area contributed by atoms with Crippen molar-refractivity contribution in [3.05, 3.63) is 59.5 Å². The Morgan fingerprint density at radius 1 is 1.18 bits per heavy atom. The van der Waals surface area contributed by atoms with Gasteiger partial charge in [-0.05, 0) is 30.7 Å². The van der Waals surface area contributed by atoms with Gasteiger partial charge in [-0.15, -0.1) is 0 Å². The largest absolute Gasteiger partial charge is 0.473 e. The molecule has 0 aliphatic carbocycles. The van der Waals surface area contributed by atoms with Crippen LogP contribution in [0.4, 0.5) is 13.2 Å². The highest BCUT2D eigenvalue weighted by Crippen LogP contribution is 2.20. The summed E-state index contributed by atoms with van der Waals surface area (Å²) in [6, 6.07) is 7.82. The van der Waals surface area contributed by atoms with Crippen LogP contribution in [0.1, 0.15) is 12.0 Å². The molecule has 3 nitrogen and oxygen atoms in total. The molecule has 1 aliphatic rings. The second kappa shape index (κ2) is 6.36. The molecule has 1 aromatic heterocycles. The normalized spacial score (nSPS) is 18.6. The first-order valence-electron chi connectivity index (χ1n) is 7.05. The Balaban J connectivity index is 1.59. The van der Waals surface area contributed by atoms with Crippen LogP contribution in [0, 0.1) is 17.6 Å². The Morgan fingerprint density at radius 2 is 2.05 bits per heavy atom. The molecule has 2 aromatic rings. The van der Waals surface area contributed by atoms with Crippen molar-refractivity contribution in [1.29, 1.82) is 0 Å². The zero-order valence-corrected chi connectivity index (χ0v) is 11.8. The van der Waals surface area contributed by atoms with E-state index in [1.54, 1.807) is 6.07 Å². The number of hydrogen-bond donors (Lipinski definition) is 0. The average Bonchev–Trinajstić information content (AvgIpc) is 2.90. The monoisotopic (exact) mass is 308 g/mol. The minimum absolute atomic E-state index is 0.133. The number of rotatable bonds is 4. The lowest BCUT2D eigenvalue weighted by Gasteiger charge is -2.17. The maximum absolute atomic E-state index is 13.6. The highest BCUT2D eigenvalue weighted by Gasteiger charge is 2.25. The first-order chi connectivity index (χ1) is 10.6. The summed E-state index contributed by atoms with van der Waals surface area (Å²) in [7, 11) is 0. The lowest BCUT2D eigenvalue weighted by atomic mass is 10.2. The van der Waals surface area contributed by atoms with Crippen molar-refractivity contribution in [2.75, 3.05) is 13.1 Å². The summed E-state index contributed by atoms with van der Waals surface area (Å²) in [5.74, 6) is -1.22. The van der Waals surface area contributed by atoms with Crippen molar-refractivity contribution in [1.82, 2.24) is 9.88 Å². The molecular formula is C16H15F3N2O. The Kier molecular flexibility index (Phi) is 4.29. The van der Waals surface area contributed by atoms with Crippen LogP contribution in [0.5, 0.6) is 5.88 Å². The predicted molar refractivity (Wildman–Crippen MR) is 74.9 cm³/mol. The lowest BCUT2D eigenvalue weighted by Crippen LogP contribution is -2.25. The van der Waals surface area contributed by atoms with E-state index in [0.29, 0.717) is 25.2 Å². The molecule has 0 N–H and O–H groups in total. The number of ether oxygens (including phenoxy) is 1. The van der Waals surface area contributed by atoms with Crippen LogP contribution in [0.25, 0.3) is 0 Å². The highest BCUT2D eigenvalue weighted by atomic mass is 19.1. The Bertz CT molecular complexity index is 666. The van der Waals surface area contributed by atoms with Crippen LogP contribution in [-0.4, -0.2) is 29.1 Å². The Labute approximate surface area is 126 Å². The molecule has 2 heterocycles. The third-order valence-electron chi connectivity index (χ3n) is 3.61. The number of benzene rings is 1. The molecule has 3 rings (SSSR count). The molecule has 0 spiro atoms. The lowest BCUT2D eigenvalue weighted by molar-refractivity contribution is 0.189. The summed E-state index contributed by atoms with van der Waals surface area (Å²) in [6.45, 7) is 1.59. The van der Waals surface area contributed by atoms with Crippen molar-refractivity contribution >= 4 is 0 Å². The molecule has 116 valence electrons. The smallest absolute Gasteiger partial charge is 0.216 e. The summed E-state index contributed by atoms with van der Waals surface area (Å²) in [6.07, 6.45) is 0.598. The first-order valence-corrected chi connectivity index (χ1v) is 7.05. The van der Waals surface area contributed by atoms with E-state index < -0.39 is 17.6 Å². The fourth-order valence-corrected chi connectivity index (χ4v) is 2.57. The molecule has 1 unspecified atom stereocenters. The number of hydrogen-bond acceptors (Lipinski definition) is 3. The number of pyridine rings is 1. The summed E-state index contributed by atoms with van der Waals surface area (Å²) in [5.41, 5.74) is 0.324. The summed E-state index contributed by atoms with van der Waals surface area (Å²) in [4.78, 5) is 5.63. The van der Waals surface area contributed by atoms with Crippen molar-refractivity contribution < 1.29 is 17.9 Å². The van der Waals surface area contributed by atoms with Crippen molar-refractivity contribution in [3.63, 3.8) is 0 Å². The molecule has 1 aromatic carbocycles. The molecule has 0 radical (unpaired) electrons. The topological polar surface area (TPSA) is 25.4 Å². The maximum Gasteiger partial charge on any atom is 0.216 e. The number of aromatic nitrogens is 1. The van der Waals surface area contributed by atoms with Gasteiger partial charge in [-0.3, -0.25) is 4.90 Å². The average molecular weight is 308 g/mol. The maximum atomic E-state index is 13.6. The van der Waals surface area contributed by atoms with Crippen LogP contribution in [0.15, 0.2) is 36.4 Å².